The SMILES string of the molecule is Cc1sc(NC(=O)Cc2cccc(OCCOCCNC(=O)OC(C)(C)C)c2)nc1-c1ccc2c(c1)CCN2S(=O)(=O)c1ccccc1[N+](=O)[O-]. The van der Waals surface area contributed by atoms with Crippen LogP contribution in [0.4, 0.5) is 21.3 Å². The third kappa shape index (κ3) is 9.59. The number of rotatable bonds is 14. The summed E-state index contributed by atoms with van der Waals surface area (Å²) >= 11 is 1.33. The Balaban J connectivity index is 1.13. The number of sulfonamides is 1. The van der Waals surface area contributed by atoms with Crippen molar-refractivity contribution in [2.24, 2.45) is 0 Å². The highest BCUT2D eigenvalue weighted by Gasteiger charge is 2.35. The van der Waals surface area contributed by atoms with Gasteiger partial charge < -0.3 is 24.8 Å². The van der Waals surface area contributed by atoms with Crippen LogP contribution in [0.25, 0.3) is 11.3 Å². The number of fused-ring (bicyclic) bond motifs is 1. The molecule has 16 heteroatoms. The van der Waals surface area contributed by atoms with Gasteiger partial charge >= 0.3 is 6.09 Å². The van der Waals surface area contributed by atoms with Crippen molar-refractivity contribution in [3.8, 4) is 17.0 Å². The molecule has 14 nitrogen and oxygen atoms in total. The first-order valence-corrected chi connectivity index (χ1v) is 18.4. The Bertz CT molecular complexity index is 2030. The fourth-order valence-electron chi connectivity index (χ4n) is 5.39. The highest BCUT2D eigenvalue weighted by atomic mass is 32.2. The van der Waals surface area contributed by atoms with Crippen LogP contribution < -0.4 is 19.7 Å². The van der Waals surface area contributed by atoms with Crippen LogP contribution in [0.2, 0.25) is 0 Å². The van der Waals surface area contributed by atoms with E-state index >= 15 is 0 Å². The predicted octanol–water partition coefficient (Wildman–Crippen LogP) is 5.88. The molecule has 0 bridgehead atoms. The Labute approximate surface area is 300 Å². The van der Waals surface area contributed by atoms with Crippen molar-refractivity contribution >= 4 is 49.9 Å². The van der Waals surface area contributed by atoms with E-state index in [1.807, 2.05) is 19.1 Å². The van der Waals surface area contributed by atoms with Crippen LogP contribution in [-0.4, -0.2) is 68.8 Å². The van der Waals surface area contributed by atoms with Gasteiger partial charge in [-0.25, -0.2) is 18.2 Å². The minimum atomic E-state index is -4.17. The maximum atomic E-state index is 13.5. The number of nitrogens with one attached hydrogen (secondary N) is 2. The van der Waals surface area contributed by atoms with Crippen molar-refractivity contribution in [2.75, 3.05) is 42.5 Å². The Morgan fingerprint density at radius 3 is 2.59 bits per heavy atom. The molecule has 2 N–H and O–H groups in total. The summed E-state index contributed by atoms with van der Waals surface area (Å²) in [6, 6.07) is 17.8. The zero-order valence-electron chi connectivity index (χ0n) is 28.6. The smallest absolute Gasteiger partial charge is 0.407 e. The van der Waals surface area contributed by atoms with Crippen molar-refractivity contribution in [1.29, 1.82) is 0 Å². The Morgan fingerprint density at radius 2 is 1.82 bits per heavy atom. The van der Waals surface area contributed by atoms with Crippen LogP contribution in [0.15, 0.2) is 71.6 Å². The van der Waals surface area contributed by atoms with Crippen molar-refractivity contribution < 1.29 is 37.1 Å². The monoisotopic (exact) mass is 737 g/mol. The summed E-state index contributed by atoms with van der Waals surface area (Å²) in [6.45, 7) is 8.63. The molecule has 0 spiro atoms. The van der Waals surface area contributed by atoms with Crippen LogP contribution in [0.1, 0.15) is 36.8 Å². The van der Waals surface area contributed by atoms with Crippen LogP contribution in [0.5, 0.6) is 5.75 Å². The summed E-state index contributed by atoms with van der Waals surface area (Å²) in [6.07, 6.45) is 0.0271. The summed E-state index contributed by atoms with van der Waals surface area (Å²) in [5, 5.41) is 17.4. The number of carbonyl (C=O) groups is 2. The average molecular weight is 738 g/mol. The molecule has 270 valence electrons. The molecule has 2 amide bonds. The molecule has 1 aliphatic heterocycles. The maximum absolute atomic E-state index is 13.5. The van der Waals surface area contributed by atoms with E-state index in [1.165, 1.54) is 39.9 Å². The second kappa shape index (κ2) is 15.9. The summed E-state index contributed by atoms with van der Waals surface area (Å²) in [4.78, 5) is 40.6. The molecule has 1 aliphatic rings. The van der Waals surface area contributed by atoms with Crippen LogP contribution in [0.3, 0.4) is 0 Å². The largest absolute Gasteiger partial charge is 0.491 e. The summed E-state index contributed by atoms with van der Waals surface area (Å²) in [5.41, 5.74) is 2.38. The molecule has 0 unspecified atom stereocenters. The van der Waals surface area contributed by atoms with E-state index in [1.54, 1.807) is 51.1 Å². The molecule has 51 heavy (non-hydrogen) atoms. The molecule has 3 aromatic carbocycles. The van der Waals surface area contributed by atoms with E-state index in [0.717, 1.165) is 21.6 Å². The average Bonchev–Trinajstić information content (AvgIpc) is 3.66. The second-order valence-electron chi connectivity index (χ2n) is 12.6. The predicted molar refractivity (Wildman–Crippen MR) is 193 cm³/mol. The number of para-hydroxylation sites is 1. The van der Waals surface area contributed by atoms with E-state index in [-0.39, 0.29) is 30.4 Å². The van der Waals surface area contributed by atoms with E-state index in [4.69, 9.17) is 14.2 Å². The molecular weight excluding hydrogens is 699 g/mol. The van der Waals surface area contributed by atoms with Gasteiger partial charge in [0.25, 0.3) is 15.7 Å². The van der Waals surface area contributed by atoms with Crippen molar-refractivity contribution in [1.82, 2.24) is 10.3 Å². The van der Waals surface area contributed by atoms with Crippen molar-refractivity contribution in [3.05, 3.63) is 92.8 Å². The Hall–Kier alpha value is -5.06. The lowest BCUT2D eigenvalue weighted by molar-refractivity contribution is -0.387. The number of carbonyl (C=O) groups excluding carboxylic acids is 2. The van der Waals surface area contributed by atoms with Gasteiger partial charge in [0, 0.05) is 29.6 Å². The molecule has 0 atom stereocenters. The normalized spacial score (nSPS) is 12.7. The number of nitro benzene ring substituents is 1. The highest BCUT2D eigenvalue weighted by Crippen LogP contribution is 2.39. The number of anilines is 2. The first-order chi connectivity index (χ1) is 24.2. The number of nitro groups is 1. The van der Waals surface area contributed by atoms with Gasteiger partial charge in [-0.3, -0.25) is 19.2 Å². The Kier molecular flexibility index (Phi) is 11.6. The number of thiazole rings is 1. The number of benzene rings is 3. The molecule has 0 saturated carbocycles. The molecule has 2 heterocycles. The third-order valence-electron chi connectivity index (χ3n) is 7.55. The van der Waals surface area contributed by atoms with Gasteiger partial charge in [0.1, 0.15) is 18.0 Å². The molecule has 0 radical (unpaired) electrons. The lowest BCUT2D eigenvalue weighted by atomic mass is 10.1. The minimum absolute atomic E-state index is 0.0979. The van der Waals surface area contributed by atoms with Gasteiger partial charge in [-0.2, -0.15) is 0 Å². The second-order valence-corrected chi connectivity index (χ2v) is 15.6. The van der Waals surface area contributed by atoms with Crippen LogP contribution in [0, 0.1) is 17.0 Å². The first kappa shape index (κ1) is 37.2. The molecular formula is C35H39N5O9S2. The highest BCUT2D eigenvalue weighted by molar-refractivity contribution is 7.93. The number of alkyl carbamates (subject to hydrolysis) is 1. The third-order valence-corrected chi connectivity index (χ3v) is 10.3. The molecule has 0 saturated heterocycles. The molecule has 4 aromatic rings. The molecule has 1 aromatic heterocycles. The number of aryl methyl sites for hydroxylation is 1. The standard InChI is InChI=1S/C35H39N5O9S2/c1-23-32(26-12-13-28-25(22-26)14-16-39(28)51(45,46)30-11-6-5-10-29(30)40(43)44)38-33(50-23)37-31(41)21-24-8-7-9-27(20-24)48-19-18-47-17-15-36-34(42)49-35(2,3)4/h5-13,20,22H,14-19,21H2,1-4H3,(H,36,42)(H,37,38,41). The quantitative estimate of drug-likeness (QED) is 0.0902. The summed E-state index contributed by atoms with van der Waals surface area (Å²) in [7, 11) is -4.17. The summed E-state index contributed by atoms with van der Waals surface area (Å²) < 4.78 is 44.6. The lowest BCUT2D eigenvalue weighted by Crippen LogP contribution is -2.34. The van der Waals surface area contributed by atoms with E-state index in [9.17, 15) is 28.1 Å². The number of hydrogen-bond acceptors (Lipinski definition) is 11. The number of ether oxygens (including phenoxy) is 3. The van der Waals surface area contributed by atoms with Gasteiger partial charge in [0.2, 0.25) is 5.91 Å². The number of nitrogens with zero attached hydrogens (tertiary/aromatic N) is 3. The van der Waals surface area contributed by atoms with Gasteiger partial charge in [-0.1, -0.05) is 30.3 Å². The number of hydrogen-bond donors (Lipinski definition) is 2. The topological polar surface area (TPSA) is 179 Å². The lowest BCUT2D eigenvalue weighted by Gasteiger charge is -2.19. The molecule has 0 aliphatic carbocycles. The van der Waals surface area contributed by atoms with Crippen LogP contribution >= 0.6 is 11.3 Å². The van der Waals surface area contributed by atoms with E-state index in [0.29, 0.717) is 48.4 Å². The van der Waals surface area contributed by atoms with Gasteiger partial charge in [0.15, 0.2) is 10.0 Å². The number of amides is 2. The van der Waals surface area contributed by atoms with Gasteiger partial charge in [-0.15, -0.1) is 11.3 Å². The van der Waals surface area contributed by atoms with Crippen molar-refractivity contribution in [3.63, 3.8) is 0 Å². The van der Waals surface area contributed by atoms with E-state index < -0.39 is 32.3 Å². The Morgan fingerprint density at radius 1 is 1.04 bits per heavy atom. The zero-order valence-corrected chi connectivity index (χ0v) is 30.3. The van der Waals surface area contributed by atoms with Gasteiger partial charge in [-0.05, 0) is 75.6 Å². The molecule has 0 fully saturated rings. The fraction of sp³-hybridized carbons (Fsp3) is 0.343. The minimum Gasteiger partial charge on any atom is -0.491 e. The maximum Gasteiger partial charge on any atom is 0.407 e. The fourth-order valence-corrected chi connectivity index (χ4v) is 7.90. The van der Waals surface area contributed by atoms with Gasteiger partial charge in [0.05, 0.1) is 35.9 Å². The first-order valence-electron chi connectivity index (χ1n) is 16.1. The zero-order chi connectivity index (χ0) is 36.8. The van der Waals surface area contributed by atoms with E-state index in [2.05, 4.69) is 15.6 Å². The number of aromatic nitrogens is 1. The summed E-state index contributed by atoms with van der Waals surface area (Å²) in [5.74, 6) is 0.339. The van der Waals surface area contributed by atoms with Crippen molar-refractivity contribution in [2.45, 2.75) is 51.0 Å². The van der Waals surface area contributed by atoms with Crippen LogP contribution in [-0.2, 0) is 37.1 Å². The molecule has 5 rings (SSSR count).